The summed E-state index contributed by atoms with van der Waals surface area (Å²) in [5.41, 5.74) is 0.826. The summed E-state index contributed by atoms with van der Waals surface area (Å²) in [6.07, 6.45) is 2.46. The maximum Gasteiger partial charge on any atom is 0.238 e. The summed E-state index contributed by atoms with van der Waals surface area (Å²) in [7, 11) is 0. The first-order valence-corrected chi connectivity index (χ1v) is 8.45. The monoisotopic (exact) mass is 353 g/mol. The molecule has 0 aliphatic carbocycles. The molecule has 1 heterocycles. The first-order valence-electron chi connectivity index (χ1n) is 7.66. The fraction of sp³-hybridized carbons (Fsp3) is 0.562. The van der Waals surface area contributed by atoms with E-state index in [0.717, 1.165) is 23.2 Å². The summed E-state index contributed by atoms with van der Waals surface area (Å²) < 4.78 is 0.968. The van der Waals surface area contributed by atoms with Crippen LogP contribution in [0.3, 0.4) is 0 Å². The molecule has 1 fully saturated rings. The summed E-state index contributed by atoms with van der Waals surface area (Å²) in [6.45, 7) is 7.05. The third-order valence-corrected chi connectivity index (χ3v) is 4.47. The molecule has 2 N–H and O–H groups in total. The minimum absolute atomic E-state index is 0.0131. The lowest BCUT2D eigenvalue weighted by Crippen LogP contribution is -2.38. The van der Waals surface area contributed by atoms with Gasteiger partial charge in [-0.25, -0.2) is 0 Å². The lowest BCUT2D eigenvalue weighted by molar-refractivity contribution is -0.115. The lowest BCUT2D eigenvalue weighted by atomic mass is 9.97. The maximum absolute atomic E-state index is 11.9. The van der Waals surface area contributed by atoms with Gasteiger partial charge in [0, 0.05) is 10.2 Å². The van der Waals surface area contributed by atoms with Gasteiger partial charge in [0.2, 0.25) is 5.91 Å². The Kier molecular flexibility index (Phi) is 6.67. The number of carbonyl (C=O) groups is 1. The SMILES string of the molecule is CCN1CCC(CNCC(=O)Nc2cccc(Br)c2)CC1. The molecule has 5 heteroatoms. The molecular weight excluding hydrogens is 330 g/mol. The number of nitrogens with one attached hydrogen (secondary N) is 2. The van der Waals surface area contributed by atoms with E-state index in [0.29, 0.717) is 12.5 Å². The molecule has 0 unspecified atom stereocenters. The highest BCUT2D eigenvalue weighted by molar-refractivity contribution is 9.10. The molecule has 1 amide bonds. The summed E-state index contributed by atoms with van der Waals surface area (Å²) in [6, 6.07) is 7.65. The van der Waals surface area contributed by atoms with Gasteiger partial charge in [-0.2, -0.15) is 0 Å². The predicted octanol–water partition coefficient (Wildman–Crippen LogP) is 2.71. The molecule has 1 aromatic carbocycles. The maximum atomic E-state index is 11.9. The van der Waals surface area contributed by atoms with E-state index < -0.39 is 0 Å². The number of anilines is 1. The number of carbonyl (C=O) groups excluding carboxylic acids is 1. The van der Waals surface area contributed by atoms with E-state index in [2.05, 4.69) is 38.4 Å². The van der Waals surface area contributed by atoms with Crippen molar-refractivity contribution in [2.45, 2.75) is 19.8 Å². The zero-order chi connectivity index (χ0) is 15.1. The van der Waals surface area contributed by atoms with Crippen LogP contribution in [0.1, 0.15) is 19.8 Å². The van der Waals surface area contributed by atoms with Gasteiger partial charge < -0.3 is 15.5 Å². The molecule has 4 nitrogen and oxygen atoms in total. The number of likely N-dealkylation sites (tertiary alicyclic amines) is 1. The topological polar surface area (TPSA) is 44.4 Å². The molecule has 116 valence electrons. The van der Waals surface area contributed by atoms with Gasteiger partial charge in [-0.1, -0.05) is 28.9 Å². The smallest absolute Gasteiger partial charge is 0.238 e. The quantitative estimate of drug-likeness (QED) is 0.826. The second-order valence-electron chi connectivity index (χ2n) is 5.57. The molecule has 0 bridgehead atoms. The zero-order valence-corrected chi connectivity index (χ0v) is 14.2. The molecule has 1 aromatic rings. The number of piperidine rings is 1. The van der Waals surface area contributed by atoms with Crippen LogP contribution in [0, 0.1) is 5.92 Å². The zero-order valence-electron chi connectivity index (χ0n) is 12.6. The van der Waals surface area contributed by atoms with Crippen LogP contribution >= 0.6 is 15.9 Å². The molecule has 0 saturated carbocycles. The normalized spacial score (nSPS) is 16.9. The standard InChI is InChI=1S/C16H24BrN3O/c1-2-20-8-6-13(7-9-20)11-18-12-16(21)19-15-5-3-4-14(17)10-15/h3-5,10,13,18H,2,6-9,11-12H2,1H3,(H,19,21). The molecule has 1 saturated heterocycles. The molecule has 0 atom stereocenters. The van der Waals surface area contributed by atoms with Crippen LogP contribution in [0.2, 0.25) is 0 Å². The summed E-state index contributed by atoms with van der Waals surface area (Å²) in [4.78, 5) is 14.3. The van der Waals surface area contributed by atoms with Crippen molar-refractivity contribution in [1.29, 1.82) is 0 Å². The van der Waals surface area contributed by atoms with Crippen LogP contribution in [0.4, 0.5) is 5.69 Å². The fourth-order valence-corrected chi connectivity index (χ4v) is 3.07. The average molecular weight is 354 g/mol. The fourth-order valence-electron chi connectivity index (χ4n) is 2.67. The summed E-state index contributed by atoms with van der Waals surface area (Å²) >= 11 is 3.40. The highest BCUT2D eigenvalue weighted by Crippen LogP contribution is 2.16. The van der Waals surface area contributed by atoms with Crippen molar-refractivity contribution in [3.8, 4) is 0 Å². The van der Waals surface area contributed by atoms with E-state index in [1.54, 1.807) is 0 Å². The van der Waals surface area contributed by atoms with Crippen molar-refractivity contribution in [1.82, 2.24) is 10.2 Å². The predicted molar refractivity (Wildman–Crippen MR) is 90.5 cm³/mol. The number of halogens is 1. The van der Waals surface area contributed by atoms with E-state index >= 15 is 0 Å². The van der Waals surface area contributed by atoms with Crippen LogP contribution in [-0.2, 0) is 4.79 Å². The van der Waals surface area contributed by atoms with Crippen molar-refractivity contribution in [3.63, 3.8) is 0 Å². The Morgan fingerprint density at radius 2 is 2.14 bits per heavy atom. The number of hydrogen-bond acceptors (Lipinski definition) is 3. The molecule has 0 spiro atoms. The minimum atomic E-state index is 0.0131. The summed E-state index contributed by atoms with van der Waals surface area (Å²) in [5, 5.41) is 6.18. The number of benzene rings is 1. The second kappa shape index (κ2) is 8.51. The summed E-state index contributed by atoms with van der Waals surface area (Å²) in [5.74, 6) is 0.713. The number of amides is 1. The number of rotatable bonds is 6. The first kappa shape index (κ1) is 16.5. The molecule has 1 aliphatic heterocycles. The van der Waals surface area contributed by atoms with Crippen LogP contribution in [0.5, 0.6) is 0 Å². The Balaban J connectivity index is 1.63. The molecule has 0 radical (unpaired) electrons. The highest BCUT2D eigenvalue weighted by Gasteiger charge is 2.17. The molecule has 0 aromatic heterocycles. The minimum Gasteiger partial charge on any atom is -0.325 e. The van der Waals surface area contributed by atoms with E-state index in [-0.39, 0.29) is 5.91 Å². The first-order chi connectivity index (χ1) is 10.2. The second-order valence-corrected chi connectivity index (χ2v) is 6.48. The van der Waals surface area contributed by atoms with Gasteiger partial charge in [0.25, 0.3) is 0 Å². The Morgan fingerprint density at radius 3 is 2.81 bits per heavy atom. The Morgan fingerprint density at radius 1 is 1.38 bits per heavy atom. The molecule has 2 rings (SSSR count). The Labute approximate surface area is 135 Å². The van der Waals surface area contributed by atoms with Crippen molar-refractivity contribution >= 4 is 27.5 Å². The van der Waals surface area contributed by atoms with Crippen LogP contribution < -0.4 is 10.6 Å². The van der Waals surface area contributed by atoms with Crippen LogP contribution in [0.25, 0.3) is 0 Å². The van der Waals surface area contributed by atoms with E-state index in [1.165, 1.54) is 25.9 Å². The third-order valence-electron chi connectivity index (χ3n) is 3.98. The van der Waals surface area contributed by atoms with Gasteiger partial charge in [-0.3, -0.25) is 4.79 Å². The lowest BCUT2D eigenvalue weighted by Gasteiger charge is -2.31. The van der Waals surface area contributed by atoms with E-state index in [4.69, 9.17) is 0 Å². The molecule has 1 aliphatic rings. The number of nitrogens with zero attached hydrogens (tertiary/aromatic N) is 1. The van der Waals surface area contributed by atoms with E-state index in [1.807, 2.05) is 24.3 Å². The van der Waals surface area contributed by atoms with Gasteiger partial charge in [0.05, 0.1) is 6.54 Å². The third kappa shape index (κ3) is 5.77. The van der Waals surface area contributed by atoms with Gasteiger partial charge >= 0.3 is 0 Å². The van der Waals surface area contributed by atoms with Gasteiger partial charge in [0.1, 0.15) is 0 Å². The van der Waals surface area contributed by atoms with Crippen LogP contribution in [-0.4, -0.2) is 43.5 Å². The Bertz CT molecular complexity index is 459. The van der Waals surface area contributed by atoms with Crippen LogP contribution in [0.15, 0.2) is 28.7 Å². The Hall–Kier alpha value is -0.910. The highest BCUT2D eigenvalue weighted by atomic mass is 79.9. The van der Waals surface area contributed by atoms with Crippen molar-refractivity contribution in [2.24, 2.45) is 5.92 Å². The van der Waals surface area contributed by atoms with Gasteiger partial charge in [0.15, 0.2) is 0 Å². The number of hydrogen-bond donors (Lipinski definition) is 2. The largest absolute Gasteiger partial charge is 0.325 e. The van der Waals surface area contributed by atoms with Crippen molar-refractivity contribution in [2.75, 3.05) is 38.0 Å². The average Bonchev–Trinajstić information content (AvgIpc) is 2.48. The van der Waals surface area contributed by atoms with E-state index in [9.17, 15) is 4.79 Å². The van der Waals surface area contributed by atoms with Gasteiger partial charge in [-0.05, 0) is 63.1 Å². The van der Waals surface area contributed by atoms with Crippen molar-refractivity contribution in [3.05, 3.63) is 28.7 Å². The molecule has 21 heavy (non-hydrogen) atoms. The molecular formula is C16H24BrN3O. The van der Waals surface area contributed by atoms with Gasteiger partial charge in [-0.15, -0.1) is 0 Å². The van der Waals surface area contributed by atoms with Crippen molar-refractivity contribution < 1.29 is 4.79 Å².